The molecule has 0 atom stereocenters. The molecule has 0 saturated carbocycles. The number of rotatable bonds is 7. The van der Waals surface area contributed by atoms with Gasteiger partial charge in [0.25, 0.3) is 0 Å². The SMILES string of the molecule is NCCOCCn1cc(CN2CCS(=O)(=O)CC2)nn1. The lowest BCUT2D eigenvalue weighted by Gasteiger charge is -2.25. The minimum absolute atomic E-state index is 0.230. The predicted octanol–water partition coefficient (Wildman–Crippen LogP) is -1.52. The van der Waals surface area contributed by atoms with Crippen LogP contribution in [0.2, 0.25) is 0 Å². The van der Waals surface area contributed by atoms with E-state index in [2.05, 4.69) is 15.2 Å². The normalized spacial score (nSPS) is 19.2. The summed E-state index contributed by atoms with van der Waals surface area (Å²) in [4.78, 5) is 2.08. The van der Waals surface area contributed by atoms with Crippen molar-refractivity contribution in [1.82, 2.24) is 19.9 Å². The first-order valence-corrected chi connectivity index (χ1v) is 8.51. The van der Waals surface area contributed by atoms with Crippen LogP contribution in [-0.2, 0) is 27.7 Å². The maximum absolute atomic E-state index is 11.3. The minimum atomic E-state index is -2.83. The second kappa shape index (κ2) is 7.11. The molecule has 0 bridgehead atoms. The molecular weight excluding hydrogens is 282 g/mol. The van der Waals surface area contributed by atoms with Gasteiger partial charge in [-0.1, -0.05) is 5.21 Å². The Hall–Kier alpha value is -1.03. The summed E-state index contributed by atoms with van der Waals surface area (Å²) in [5.41, 5.74) is 6.18. The molecule has 1 aromatic heterocycles. The highest BCUT2D eigenvalue weighted by molar-refractivity contribution is 7.91. The van der Waals surface area contributed by atoms with E-state index in [1.54, 1.807) is 4.68 Å². The molecule has 0 aromatic carbocycles. The van der Waals surface area contributed by atoms with Gasteiger partial charge in [-0.3, -0.25) is 4.90 Å². The summed E-state index contributed by atoms with van der Waals surface area (Å²) in [6.07, 6.45) is 1.87. The van der Waals surface area contributed by atoms with Gasteiger partial charge in [0.05, 0.1) is 37.0 Å². The largest absolute Gasteiger partial charge is 0.378 e. The smallest absolute Gasteiger partial charge is 0.152 e. The lowest BCUT2D eigenvalue weighted by molar-refractivity contribution is 0.130. The Morgan fingerprint density at radius 2 is 2.05 bits per heavy atom. The van der Waals surface area contributed by atoms with E-state index in [1.165, 1.54) is 0 Å². The van der Waals surface area contributed by atoms with Crippen LogP contribution in [0.1, 0.15) is 5.69 Å². The van der Waals surface area contributed by atoms with Crippen molar-refractivity contribution in [2.45, 2.75) is 13.1 Å². The zero-order chi connectivity index (χ0) is 14.4. The van der Waals surface area contributed by atoms with E-state index in [-0.39, 0.29) is 11.5 Å². The first-order chi connectivity index (χ1) is 9.59. The highest BCUT2D eigenvalue weighted by Gasteiger charge is 2.22. The van der Waals surface area contributed by atoms with E-state index < -0.39 is 9.84 Å². The molecule has 0 spiro atoms. The van der Waals surface area contributed by atoms with Gasteiger partial charge in [0.2, 0.25) is 0 Å². The van der Waals surface area contributed by atoms with Gasteiger partial charge in [-0.05, 0) is 0 Å². The molecular formula is C11H21N5O3S. The van der Waals surface area contributed by atoms with Crippen LogP contribution in [0.5, 0.6) is 0 Å². The molecule has 2 heterocycles. The molecule has 1 aliphatic rings. The minimum Gasteiger partial charge on any atom is -0.378 e. The van der Waals surface area contributed by atoms with Gasteiger partial charge in [-0.2, -0.15) is 0 Å². The van der Waals surface area contributed by atoms with Crippen molar-refractivity contribution in [1.29, 1.82) is 0 Å². The lowest BCUT2D eigenvalue weighted by Crippen LogP contribution is -2.39. The van der Waals surface area contributed by atoms with Crippen LogP contribution in [0.4, 0.5) is 0 Å². The van der Waals surface area contributed by atoms with E-state index in [0.29, 0.717) is 45.9 Å². The summed E-state index contributed by atoms with van der Waals surface area (Å²) >= 11 is 0. The number of hydrogen-bond donors (Lipinski definition) is 1. The molecule has 0 amide bonds. The lowest BCUT2D eigenvalue weighted by atomic mass is 10.4. The third-order valence-corrected chi connectivity index (χ3v) is 4.74. The third-order valence-electron chi connectivity index (χ3n) is 3.14. The van der Waals surface area contributed by atoms with Crippen molar-refractivity contribution in [3.8, 4) is 0 Å². The summed E-state index contributed by atoms with van der Waals surface area (Å²) in [6, 6.07) is 0. The zero-order valence-corrected chi connectivity index (χ0v) is 12.3. The average molecular weight is 303 g/mol. The van der Waals surface area contributed by atoms with E-state index in [4.69, 9.17) is 10.5 Å². The van der Waals surface area contributed by atoms with E-state index in [0.717, 1.165) is 5.69 Å². The Morgan fingerprint density at radius 1 is 1.30 bits per heavy atom. The topological polar surface area (TPSA) is 103 Å². The van der Waals surface area contributed by atoms with Gasteiger partial charge >= 0.3 is 0 Å². The monoisotopic (exact) mass is 303 g/mol. The molecule has 1 aliphatic heterocycles. The second-order valence-electron chi connectivity index (χ2n) is 4.80. The number of nitrogens with two attached hydrogens (primary N) is 1. The van der Waals surface area contributed by atoms with Crippen LogP contribution >= 0.6 is 0 Å². The van der Waals surface area contributed by atoms with Crippen molar-refractivity contribution in [2.75, 3.05) is 44.4 Å². The molecule has 1 aromatic rings. The predicted molar refractivity (Wildman–Crippen MR) is 73.8 cm³/mol. The molecule has 2 N–H and O–H groups in total. The van der Waals surface area contributed by atoms with Gasteiger partial charge in [0.1, 0.15) is 0 Å². The maximum Gasteiger partial charge on any atom is 0.152 e. The van der Waals surface area contributed by atoms with Crippen molar-refractivity contribution in [3.63, 3.8) is 0 Å². The number of sulfone groups is 1. The van der Waals surface area contributed by atoms with Crippen LogP contribution in [0.15, 0.2) is 6.20 Å². The molecule has 0 unspecified atom stereocenters. The first-order valence-electron chi connectivity index (χ1n) is 6.69. The highest BCUT2D eigenvalue weighted by atomic mass is 32.2. The molecule has 20 heavy (non-hydrogen) atoms. The Bertz CT molecular complexity index is 502. The molecule has 1 fully saturated rings. The Balaban J connectivity index is 1.75. The number of aromatic nitrogens is 3. The van der Waals surface area contributed by atoms with Crippen LogP contribution in [0.25, 0.3) is 0 Å². The summed E-state index contributed by atoms with van der Waals surface area (Å²) in [7, 11) is -2.83. The molecule has 9 heteroatoms. The number of ether oxygens (including phenoxy) is 1. The van der Waals surface area contributed by atoms with Gasteiger partial charge in [-0.25, -0.2) is 13.1 Å². The van der Waals surface area contributed by atoms with Crippen molar-refractivity contribution in [2.24, 2.45) is 5.73 Å². The van der Waals surface area contributed by atoms with Gasteiger partial charge in [0.15, 0.2) is 9.84 Å². The molecule has 8 nitrogen and oxygen atoms in total. The fourth-order valence-corrected chi connectivity index (χ4v) is 3.28. The fraction of sp³-hybridized carbons (Fsp3) is 0.818. The van der Waals surface area contributed by atoms with E-state index >= 15 is 0 Å². The Labute approximate surface area is 118 Å². The number of nitrogens with zero attached hydrogens (tertiary/aromatic N) is 4. The van der Waals surface area contributed by atoms with Crippen molar-refractivity contribution in [3.05, 3.63) is 11.9 Å². The van der Waals surface area contributed by atoms with Crippen LogP contribution in [0.3, 0.4) is 0 Å². The molecule has 0 radical (unpaired) electrons. The quantitative estimate of drug-likeness (QED) is 0.610. The molecule has 2 rings (SSSR count). The van der Waals surface area contributed by atoms with Gasteiger partial charge < -0.3 is 10.5 Å². The van der Waals surface area contributed by atoms with Crippen molar-refractivity contribution >= 4 is 9.84 Å². The van der Waals surface area contributed by atoms with E-state index in [1.807, 2.05) is 6.20 Å². The van der Waals surface area contributed by atoms with Crippen LogP contribution in [0, 0.1) is 0 Å². The Morgan fingerprint density at radius 3 is 2.75 bits per heavy atom. The Kier molecular flexibility index (Phi) is 5.46. The standard InChI is InChI=1S/C11H21N5O3S/c12-1-5-19-6-2-16-10-11(13-14-16)9-15-3-7-20(17,18)8-4-15/h10H,1-9,12H2. The molecule has 114 valence electrons. The molecule has 0 aliphatic carbocycles. The van der Waals surface area contributed by atoms with Crippen molar-refractivity contribution < 1.29 is 13.2 Å². The first kappa shape index (κ1) is 15.4. The van der Waals surface area contributed by atoms with E-state index in [9.17, 15) is 8.42 Å². The summed E-state index contributed by atoms with van der Waals surface area (Å²) < 4.78 is 29.7. The van der Waals surface area contributed by atoms with Crippen LogP contribution in [-0.4, -0.2) is 72.7 Å². The summed E-state index contributed by atoms with van der Waals surface area (Å²) in [5.74, 6) is 0.460. The third kappa shape index (κ3) is 4.82. The summed E-state index contributed by atoms with van der Waals surface area (Å²) in [5, 5.41) is 8.11. The second-order valence-corrected chi connectivity index (χ2v) is 7.11. The van der Waals surface area contributed by atoms with Crippen LogP contribution < -0.4 is 5.73 Å². The fourth-order valence-electron chi connectivity index (χ4n) is 2.00. The summed E-state index contributed by atoms with van der Waals surface area (Å²) in [6.45, 7) is 4.02. The van der Waals surface area contributed by atoms with Gasteiger partial charge in [0, 0.05) is 32.4 Å². The zero-order valence-electron chi connectivity index (χ0n) is 11.4. The maximum atomic E-state index is 11.3. The molecule has 1 saturated heterocycles. The average Bonchev–Trinajstić information content (AvgIpc) is 2.85. The number of hydrogen-bond acceptors (Lipinski definition) is 7. The van der Waals surface area contributed by atoms with Gasteiger partial charge in [-0.15, -0.1) is 5.10 Å². The highest BCUT2D eigenvalue weighted by Crippen LogP contribution is 2.07.